The van der Waals surface area contributed by atoms with Gasteiger partial charge >= 0.3 is 0 Å². The zero-order chi connectivity index (χ0) is 14.8. The molecule has 0 heterocycles. The first-order valence-corrected chi connectivity index (χ1v) is 8.54. The summed E-state index contributed by atoms with van der Waals surface area (Å²) < 4.78 is 0. The molecule has 0 aliphatic carbocycles. The van der Waals surface area contributed by atoms with Gasteiger partial charge in [-0.3, -0.25) is 0 Å². The van der Waals surface area contributed by atoms with Crippen molar-refractivity contribution < 1.29 is 0 Å². The molecule has 4 unspecified atom stereocenters. The number of hydrogen-bond acceptors (Lipinski definition) is 2. The zero-order valence-corrected chi connectivity index (χ0v) is 14.0. The molecule has 0 rings (SSSR count). The van der Waals surface area contributed by atoms with Crippen LogP contribution in [-0.2, 0) is 0 Å². The standard InChI is InChI=1S/C17H38N2/c1-6-13(11-18)15(8-3)17(10-5)16(9-4)14(7-2)12-19/h13-17H,6-12,18-19H2,1-5H3. The Hall–Kier alpha value is -0.0800. The van der Waals surface area contributed by atoms with E-state index in [0.29, 0.717) is 11.8 Å². The molecular formula is C17H38N2. The van der Waals surface area contributed by atoms with Gasteiger partial charge in [0.2, 0.25) is 0 Å². The third-order valence-electron chi connectivity index (χ3n) is 5.38. The fraction of sp³-hybridized carbons (Fsp3) is 1.00. The number of hydrogen-bond donors (Lipinski definition) is 2. The molecule has 0 spiro atoms. The minimum Gasteiger partial charge on any atom is -0.330 e. The third-order valence-corrected chi connectivity index (χ3v) is 5.38. The SMILES string of the molecule is CCC(CN)C(CC)C(CC)C(CC)C(CC)CN. The summed E-state index contributed by atoms with van der Waals surface area (Å²) in [7, 11) is 0. The lowest BCUT2D eigenvalue weighted by Gasteiger charge is -2.40. The largest absolute Gasteiger partial charge is 0.330 e. The summed E-state index contributed by atoms with van der Waals surface area (Å²) >= 11 is 0. The van der Waals surface area contributed by atoms with Gasteiger partial charge in [-0.15, -0.1) is 0 Å². The highest BCUT2D eigenvalue weighted by Crippen LogP contribution is 2.39. The van der Waals surface area contributed by atoms with E-state index in [1.165, 1.54) is 32.1 Å². The Morgan fingerprint density at radius 1 is 0.526 bits per heavy atom. The maximum absolute atomic E-state index is 6.01. The van der Waals surface area contributed by atoms with Crippen LogP contribution in [0, 0.1) is 29.6 Å². The third kappa shape index (κ3) is 5.07. The predicted octanol–water partition coefficient (Wildman–Crippen LogP) is 4.03. The summed E-state index contributed by atoms with van der Waals surface area (Å²) in [6, 6.07) is 0. The van der Waals surface area contributed by atoms with E-state index in [9.17, 15) is 0 Å². The van der Waals surface area contributed by atoms with Crippen LogP contribution < -0.4 is 11.5 Å². The zero-order valence-electron chi connectivity index (χ0n) is 14.0. The van der Waals surface area contributed by atoms with Crippen molar-refractivity contribution in [1.29, 1.82) is 0 Å². The Bertz CT molecular complexity index is 177. The summed E-state index contributed by atoms with van der Waals surface area (Å²) in [5.74, 6) is 3.69. The van der Waals surface area contributed by atoms with Gasteiger partial charge in [0.1, 0.15) is 0 Å². The van der Waals surface area contributed by atoms with E-state index >= 15 is 0 Å². The molecule has 0 aliphatic heterocycles. The molecule has 0 radical (unpaired) electrons. The second kappa shape index (κ2) is 10.7. The molecule has 116 valence electrons. The van der Waals surface area contributed by atoms with Gasteiger partial charge < -0.3 is 11.5 Å². The van der Waals surface area contributed by atoms with Crippen LogP contribution in [0.2, 0.25) is 0 Å². The summed E-state index contributed by atoms with van der Waals surface area (Å²) in [6.07, 6.45) is 6.20. The Labute approximate surface area is 121 Å². The molecule has 4 N–H and O–H groups in total. The van der Waals surface area contributed by atoms with E-state index in [0.717, 1.165) is 30.8 Å². The molecule has 0 aromatic carbocycles. The van der Waals surface area contributed by atoms with Crippen molar-refractivity contribution >= 4 is 0 Å². The van der Waals surface area contributed by atoms with E-state index in [1.807, 2.05) is 0 Å². The van der Waals surface area contributed by atoms with Gasteiger partial charge in [-0.1, -0.05) is 66.7 Å². The number of rotatable bonds is 11. The molecule has 0 amide bonds. The fourth-order valence-corrected chi connectivity index (χ4v) is 4.18. The van der Waals surface area contributed by atoms with Crippen molar-refractivity contribution in [2.75, 3.05) is 13.1 Å². The van der Waals surface area contributed by atoms with Crippen LogP contribution in [0.3, 0.4) is 0 Å². The molecule has 0 aromatic heterocycles. The summed E-state index contributed by atoms with van der Waals surface area (Å²) in [5.41, 5.74) is 12.0. The molecule has 2 nitrogen and oxygen atoms in total. The van der Waals surface area contributed by atoms with Crippen LogP contribution in [0.1, 0.15) is 66.7 Å². The van der Waals surface area contributed by atoms with E-state index in [2.05, 4.69) is 34.6 Å². The monoisotopic (exact) mass is 270 g/mol. The topological polar surface area (TPSA) is 52.0 Å². The second-order valence-corrected chi connectivity index (χ2v) is 6.02. The lowest BCUT2D eigenvalue weighted by atomic mass is 9.66. The van der Waals surface area contributed by atoms with Crippen molar-refractivity contribution in [2.24, 2.45) is 41.1 Å². The van der Waals surface area contributed by atoms with Crippen LogP contribution >= 0.6 is 0 Å². The molecule has 0 saturated heterocycles. The molecule has 4 atom stereocenters. The molecule has 0 aliphatic rings. The van der Waals surface area contributed by atoms with Gasteiger partial charge in [0.05, 0.1) is 0 Å². The first-order chi connectivity index (χ1) is 9.14. The van der Waals surface area contributed by atoms with Crippen molar-refractivity contribution in [3.8, 4) is 0 Å². The number of nitrogens with two attached hydrogens (primary N) is 2. The average Bonchev–Trinajstić information content (AvgIpc) is 2.46. The van der Waals surface area contributed by atoms with Crippen molar-refractivity contribution in [3.05, 3.63) is 0 Å². The highest BCUT2D eigenvalue weighted by atomic mass is 14.6. The maximum Gasteiger partial charge on any atom is -0.00462 e. The van der Waals surface area contributed by atoms with Gasteiger partial charge in [0.25, 0.3) is 0 Å². The first kappa shape index (κ1) is 18.9. The van der Waals surface area contributed by atoms with E-state index < -0.39 is 0 Å². The summed E-state index contributed by atoms with van der Waals surface area (Å²) in [4.78, 5) is 0. The van der Waals surface area contributed by atoms with Crippen LogP contribution in [0.15, 0.2) is 0 Å². The Kier molecular flexibility index (Phi) is 10.6. The van der Waals surface area contributed by atoms with Gasteiger partial charge in [0.15, 0.2) is 0 Å². The Morgan fingerprint density at radius 2 is 0.842 bits per heavy atom. The quantitative estimate of drug-likeness (QED) is 0.595. The fourth-order valence-electron chi connectivity index (χ4n) is 4.18. The Balaban J connectivity index is 5.09. The summed E-state index contributed by atoms with van der Waals surface area (Å²) in [6.45, 7) is 13.3. The molecule has 19 heavy (non-hydrogen) atoms. The molecule has 0 fully saturated rings. The maximum atomic E-state index is 6.01. The molecule has 2 heteroatoms. The van der Waals surface area contributed by atoms with Gasteiger partial charge in [-0.25, -0.2) is 0 Å². The highest BCUT2D eigenvalue weighted by molar-refractivity contribution is 4.84. The molecular weight excluding hydrogens is 232 g/mol. The average molecular weight is 271 g/mol. The smallest absolute Gasteiger partial charge is 0.00462 e. The van der Waals surface area contributed by atoms with E-state index in [1.54, 1.807) is 0 Å². The van der Waals surface area contributed by atoms with Crippen LogP contribution in [0.4, 0.5) is 0 Å². The lowest BCUT2D eigenvalue weighted by molar-refractivity contribution is 0.104. The molecule has 0 saturated carbocycles. The van der Waals surface area contributed by atoms with Gasteiger partial charge in [0, 0.05) is 0 Å². The highest BCUT2D eigenvalue weighted by Gasteiger charge is 2.33. The van der Waals surface area contributed by atoms with Crippen LogP contribution in [-0.4, -0.2) is 13.1 Å². The second-order valence-electron chi connectivity index (χ2n) is 6.02. The van der Waals surface area contributed by atoms with Gasteiger partial charge in [-0.05, 0) is 42.7 Å². The Morgan fingerprint density at radius 3 is 1.00 bits per heavy atom. The van der Waals surface area contributed by atoms with Crippen LogP contribution in [0.25, 0.3) is 0 Å². The first-order valence-electron chi connectivity index (χ1n) is 8.54. The van der Waals surface area contributed by atoms with E-state index in [4.69, 9.17) is 11.5 Å². The molecule has 0 aromatic rings. The predicted molar refractivity (Wildman–Crippen MR) is 87.0 cm³/mol. The van der Waals surface area contributed by atoms with Crippen molar-refractivity contribution in [2.45, 2.75) is 66.7 Å². The molecule has 0 bridgehead atoms. The lowest BCUT2D eigenvalue weighted by Crippen LogP contribution is -2.37. The summed E-state index contributed by atoms with van der Waals surface area (Å²) in [5, 5.41) is 0. The van der Waals surface area contributed by atoms with Crippen molar-refractivity contribution in [1.82, 2.24) is 0 Å². The minimum absolute atomic E-state index is 0.680. The van der Waals surface area contributed by atoms with Gasteiger partial charge in [-0.2, -0.15) is 0 Å². The van der Waals surface area contributed by atoms with Crippen molar-refractivity contribution in [3.63, 3.8) is 0 Å². The van der Waals surface area contributed by atoms with E-state index in [-0.39, 0.29) is 0 Å². The van der Waals surface area contributed by atoms with Crippen LogP contribution in [0.5, 0.6) is 0 Å². The minimum atomic E-state index is 0.680. The normalized spacial score (nSPS) is 19.7.